The predicted octanol–water partition coefficient (Wildman–Crippen LogP) is 4.93. The van der Waals surface area contributed by atoms with Gasteiger partial charge in [0.15, 0.2) is 0 Å². The van der Waals surface area contributed by atoms with E-state index in [2.05, 4.69) is 0 Å². The summed E-state index contributed by atoms with van der Waals surface area (Å²) in [5, 5.41) is 9.06. The van der Waals surface area contributed by atoms with Crippen molar-refractivity contribution in [3.8, 4) is 16.9 Å². The highest BCUT2D eigenvalue weighted by atomic mass is 32.2. The van der Waals surface area contributed by atoms with Gasteiger partial charge in [-0.25, -0.2) is 12.8 Å². The van der Waals surface area contributed by atoms with Crippen LogP contribution in [0, 0.1) is 19.7 Å². The Bertz CT molecular complexity index is 1320. The number of carbonyl (C=O) groups is 1. The van der Waals surface area contributed by atoms with E-state index in [0.29, 0.717) is 22.6 Å². The number of benzene rings is 3. The van der Waals surface area contributed by atoms with Crippen LogP contribution in [0.25, 0.3) is 11.1 Å². The molecule has 0 saturated carbocycles. The van der Waals surface area contributed by atoms with Crippen LogP contribution in [-0.4, -0.2) is 32.1 Å². The lowest BCUT2D eigenvalue weighted by atomic mass is 10.0. The molecule has 0 bridgehead atoms. The highest BCUT2D eigenvalue weighted by Gasteiger charge is 2.35. The smallest absolute Gasteiger partial charge is 0.303 e. The van der Waals surface area contributed by atoms with Gasteiger partial charge >= 0.3 is 5.97 Å². The van der Waals surface area contributed by atoms with Gasteiger partial charge in [0.2, 0.25) is 0 Å². The van der Waals surface area contributed by atoms with Crippen LogP contribution in [-0.2, 0) is 14.8 Å². The molecule has 33 heavy (non-hydrogen) atoms. The number of hydrogen-bond donors (Lipinski definition) is 1. The molecule has 0 radical (unpaired) electrons. The largest absolute Gasteiger partial charge is 0.486 e. The fraction of sp³-hybridized carbons (Fsp3) is 0.240. The summed E-state index contributed by atoms with van der Waals surface area (Å²) in [6.45, 7) is 3.61. The number of fused-ring (bicyclic) bond motifs is 1. The normalized spacial score (nSPS) is 15.6. The molecule has 4 rings (SSSR count). The first-order chi connectivity index (χ1) is 15.6. The number of hydrogen-bond acceptors (Lipinski definition) is 4. The Balaban J connectivity index is 1.82. The maximum Gasteiger partial charge on any atom is 0.303 e. The Morgan fingerprint density at radius 1 is 1.09 bits per heavy atom. The van der Waals surface area contributed by atoms with Crippen molar-refractivity contribution in [3.63, 3.8) is 0 Å². The zero-order valence-corrected chi connectivity index (χ0v) is 19.1. The van der Waals surface area contributed by atoms with Crippen molar-refractivity contribution < 1.29 is 27.4 Å². The Labute approximate surface area is 192 Å². The molecule has 0 aromatic heterocycles. The van der Waals surface area contributed by atoms with E-state index in [4.69, 9.17) is 9.84 Å². The van der Waals surface area contributed by atoms with Crippen LogP contribution in [0.5, 0.6) is 5.75 Å². The van der Waals surface area contributed by atoms with Crippen LogP contribution >= 0.6 is 0 Å². The van der Waals surface area contributed by atoms with Crippen molar-refractivity contribution in [2.45, 2.75) is 37.7 Å². The van der Waals surface area contributed by atoms with Crippen molar-refractivity contribution in [2.24, 2.45) is 0 Å². The van der Waals surface area contributed by atoms with Crippen molar-refractivity contribution in [1.29, 1.82) is 0 Å². The van der Waals surface area contributed by atoms with Gasteiger partial charge in [-0.3, -0.25) is 9.10 Å². The Morgan fingerprint density at radius 3 is 2.58 bits per heavy atom. The Kier molecular flexibility index (Phi) is 6.12. The van der Waals surface area contributed by atoms with Crippen molar-refractivity contribution in [3.05, 3.63) is 77.6 Å². The first-order valence-electron chi connectivity index (χ1n) is 10.5. The minimum Gasteiger partial charge on any atom is -0.486 e. The van der Waals surface area contributed by atoms with E-state index < -0.39 is 27.9 Å². The second kappa shape index (κ2) is 8.86. The number of carboxylic acid groups (broad SMARTS) is 1. The van der Waals surface area contributed by atoms with E-state index in [1.165, 1.54) is 16.4 Å². The third kappa shape index (κ3) is 4.71. The number of aryl methyl sites for hydroxylation is 2. The number of anilines is 1. The maximum absolute atomic E-state index is 14.5. The molecule has 8 heteroatoms. The summed E-state index contributed by atoms with van der Waals surface area (Å²) in [6, 6.07) is 16.2. The molecule has 0 aliphatic carbocycles. The number of rotatable bonds is 6. The second-order valence-corrected chi connectivity index (χ2v) is 10.1. The van der Waals surface area contributed by atoms with Gasteiger partial charge in [0.1, 0.15) is 17.7 Å². The van der Waals surface area contributed by atoms with Gasteiger partial charge in [-0.2, -0.15) is 0 Å². The molecule has 0 spiro atoms. The fourth-order valence-corrected chi connectivity index (χ4v) is 5.51. The topological polar surface area (TPSA) is 83.9 Å². The third-order valence-electron chi connectivity index (χ3n) is 5.58. The number of aliphatic carboxylic acids is 1. The molecule has 3 aromatic carbocycles. The molecule has 1 heterocycles. The monoisotopic (exact) mass is 469 g/mol. The number of nitrogens with zero attached hydrogens (tertiary/aromatic N) is 1. The quantitative estimate of drug-likeness (QED) is 0.553. The van der Waals surface area contributed by atoms with E-state index in [1.807, 2.05) is 6.92 Å². The Hall–Kier alpha value is -3.39. The molecule has 0 unspecified atom stereocenters. The standard InChI is InChI=1S/C25H24FNO5S/c1-16-4-3-5-20(12-16)33(30,31)27-15-19(8-11-25(28)29)32-24-10-7-18(14-23(24)27)21-13-17(2)6-9-22(21)26/h3-7,9-10,12-14,19H,8,11,15H2,1-2H3,(H,28,29)/t19-/m0/s1. The molecule has 1 atom stereocenters. The molecule has 0 saturated heterocycles. The molecule has 3 aromatic rings. The lowest BCUT2D eigenvalue weighted by molar-refractivity contribution is -0.137. The van der Waals surface area contributed by atoms with Gasteiger partial charge in [0, 0.05) is 12.0 Å². The van der Waals surface area contributed by atoms with E-state index >= 15 is 0 Å². The van der Waals surface area contributed by atoms with Crippen molar-refractivity contribution >= 4 is 21.7 Å². The van der Waals surface area contributed by atoms with Gasteiger partial charge < -0.3 is 9.84 Å². The first-order valence-corrected chi connectivity index (χ1v) is 12.0. The summed E-state index contributed by atoms with van der Waals surface area (Å²) in [6.07, 6.45) is -0.622. The molecule has 1 aliphatic heterocycles. The van der Waals surface area contributed by atoms with E-state index in [-0.39, 0.29) is 24.3 Å². The minimum atomic E-state index is -3.97. The summed E-state index contributed by atoms with van der Waals surface area (Å²) in [4.78, 5) is 11.2. The average molecular weight is 470 g/mol. The number of ether oxygens (including phenoxy) is 1. The van der Waals surface area contributed by atoms with Gasteiger partial charge in [0.05, 0.1) is 17.1 Å². The second-order valence-electron chi connectivity index (χ2n) is 8.19. The molecule has 172 valence electrons. The van der Waals surface area contributed by atoms with E-state index in [1.54, 1.807) is 55.5 Å². The molecule has 0 amide bonds. The van der Waals surface area contributed by atoms with Crippen molar-refractivity contribution in [2.75, 3.05) is 10.8 Å². The zero-order valence-electron chi connectivity index (χ0n) is 18.3. The summed E-state index contributed by atoms with van der Waals surface area (Å²) < 4.78 is 49.0. The number of sulfonamides is 1. The van der Waals surface area contributed by atoms with Crippen LogP contribution in [0.15, 0.2) is 65.6 Å². The molecule has 0 fully saturated rings. The van der Waals surface area contributed by atoms with Crippen molar-refractivity contribution in [1.82, 2.24) is 0 Å². The third-order valence-corrected chi connectivity index (χ3v) is 7.36. The summed E-state index contributed by atoms with van der Waals surface area (Å²) >= 11 is 0. The summed E-state index contributed by atoms with van der Waals surface area (Å²) in [7, 11) is -3.97. The van der Waals surface area contributed by atoms with Crippen LogP contribution < -0.4 is 9.04 Å². The predicted molar refractivity (Wildman–Crippen MR) is 124 cm³/mol. The van der Waals surface area contributed by atoms with Gasteiger partial charge in [-0.05, 0) is 67.8 Å². The lowest BCUT2D eigenvalue weighted by Crippen LogP contribution is -2.43. The van der Waals surface area contributed by atoms with Crippen LogP contribution in [0.2, 0.25) is 0 Å². The van der Waals surface area contributed by atoms with E-state index in [9.17, 15) is 17.6 Å². The fourth-order valence-electron chi connectivity index (χ4n) is 3.91. The van der Waals surface area contributed by atoms with E-state index in [0.717, 1.165) is 11.1 Å². The first kappa shape index (κ1) is 22.8. The van der Waals surface area contributed by atoms with Crippen LogP contribution in [0.1, 0.15) is 24.0 Å². The van der Waals surface area contributed by atoms with Gasteiger partial charge in [-0.1, -0.05) is 29.8 Å². The molecular formula is C25H24FNO5S. The van der Waals surface area contributed by atoms with Crippen LogP contribution in [0.3, 0.4) is 0 Å². The summed E-state index contributed by atoms with van der Waals surface area (Å²) in [5.74, 6) is -1.09. The number of carboxylic acids is 1. The Morgan fingerprint density at radius 2 is 1.85 bits per heavy atom. The van der Waals surface area contributed by atoms with Gasteiger partial charge in [-0.15, -0.1) is 0 Å². The SMILES string of the molecule is Cc1cccc(S(=O)(=O)N2C[C@H](CCC(=O)O)Oc3ccc(-c4cc(C)ccc4F)cc32)c1. The molecular weight excluding hydrogens is 445 g/mol. The minimum absolute atomic E-state index is 0.0453. The molecule has 1 N–H and O–H groups in total. The average Bonchev–Trinajstić information content (AvgIpc) is 2.78. The highest BCUT2D eigenvalue weighted by molar-refractivity contribution is 7.92. The molecule has 6 nitrogen and oxygen atoms in total. The number of halogens is 1. The zero-order chi connectivity index (χ0) is 23.8. The maximum atomic E-state index is 14.5. The highest BCUT2D eigenvalue weighted by Crippen LogP contribution is 2.41. The van der Waals surface area contributed by atoms with Crippen LogP contribution in [0.4, 0.5) is 10.1 Å². The lowest BCUT2D eigenvalue weighted by Gasteiger charge is -2.35. The summed E-state index contributed by atoms with van der Waals surface area (Å²) in [5.41, 5.74) is 2.84. The van der Waals surface area contributed by atoms with Gasteiger partial charge in [0.25, 0.3) is 10.0 Å². The molecule has 1 aliphatic rings.